The van der Waals surface area contributed by atoms with Crippen LogP contribution in [0.5, 0.6) is 0 Å². The van der Waals surface area contributed by atoms with Crippen LogP contribution >= 0.6 is 15.9 Å². The fourth-order valence-electron chi connectivity index (χ4n) is 1.31. The van der Waals surface area contributed by atoms with E-state index in [1.165, 1.54) is 11.1 Å². The van der Waals surface area contributed by atoms with E-state index in [0.717, 1.165) is 4.47 Å². The first-order valence-corrected chi connectivity index (χ1v) is 4.97. The first kappa shape index (κ1) is 11.5. The van der Waals surface area contributed by atoms with Gasteiger partial charge in [-0.15, -0.1) is 0 Å². The highest BCUT2D eigenvalue weighted by molar-refractivity contribution is 9.10. The van der Waals surface area contributed by atoms with E-state index in [2.05, 4.69) is 52.3 Å². The molecule has 0 spiro atoms. The summed E-state index contributed by atoms with van der Waals surface area (Å²) < 4.78 is 1.14. The summed E-state index contributed by atoms with van der Waals surface area (Å²) >= 11 is 3.53. The van der Waals surface area contributed by atoms with Crippen molar-refractivity contribution in [2.24, 2.45) is 0 Å². The quantitative estimate of drug-likeness (QED) is 0.685. The van der Waals surface area contributed by atoms with Crippen LogP contribution in [0.25, 0.3) is 11.1 Å². The van der Waals surface area contributed by atoms with Crippen molar-refractivity contribution in [3.63, 3.8) is 0 Å². The Bertz CT molecular complexity index is 398. The lowest BCUT2D eigenvalue weighted by Gasteiger charge is -2.02. The van der Waals surface area contributed by atoms with Gasteiger partial charge >= 0.3 is 0 Å². The maximum absolute atomic E-state index is 3.53. The van der Waals surface area contributed by atoms with Gasteiger partial charge in [-0.25, -0.2) is 0 Å². The maximum atomic E-state index is 3.53. The molecule has 0 atom stereocenters. The van der Waals surface area contributed by atoms with Crippen molar-refractivity contribution in [1.29, 1.82) is 0 Å². The predicted molar refractivity (Wildman–Crippen MR) is 65.3 cm³/mol. The summed E-state index contributed by atoms with van der Waals surface area (Å²) in [6, 6.07) is 18.6. The molecule has 0 aliphatic carbocycles. The molecule has 3 radical (unpaired) electrons. The molecular weight excluding hydrogens is 251 g/mol. The van der Waals surface area contributed by atoms with Crippen molar-refractivity contribution in [2.45, 2.75) is 0 Å². The summed E-state index contributed by atoms with van der Waals surface area (Å²) in [5.74, 6) is 0. The summed E-state index contributed by atoms with van der Waals surface area (Å²) in [7, 11) is 0. The topological polar surface area (TPSA) is 0 Å². The van der Waals surface area contributed by atoms with Crippen molar-refractivity contribution < 1.29 is 0 Å². The third-order valence-corrected chi connectivity index (χ3v) is 2.65. The fraction of sp³-hybridized carbons (Fsp3) is 0. The van der Waals surface area contributed by atoms with Gasteiger partial charge in [0.25, 0.3) is 0 Å². The Labute approximate surface area is 103 Å². The number of benzene rings is 2. The summed E-state index contributed by atoms with van der Waals surface area (Å²) in [5, 5.41) is 0. The monoisotopic (exact) mass is 259 g/mol. The molecule has 0 N–H and O–H groups in total. The Morgan fingerprint density at radius 1 is 0.714 bits per heavy atom. The Balaban J connectivity index is 0.000000980. The SMILES string of the molecule is Brc1ccccc1-c1ccccc1.[Al]. The highest BCUT2D eigenvalue weighted by Crippen LogP contribution is 2.27. The van der Waals surface area contributed by atoms with E-state index < -0.39 is 0 Å². The Morgan fingerprint density at radius 2 is 1.29 bits per heavy atom. The van der Waals surface area contributed by atoms with Gasteiger partial charge < -0.3 is 0 Å². The van der Waals surface area contributed by atoms with Crippen molar-refractivity contribution in [2.75, 3.05) is 0 Å². The van der Waals surface area contributed by atoms with Gasteiger partial charge in [-0.1, -0.05) is 64.5 Å². The number of rotatable bonds is 1. The molecule has 0 amide bonds. The molecule has 2 aromatic carbocycles. The minimum absolute atomic E-state index is 0. The molecule has 0 nitrogen and oxygen atoms in total. The van der Waals surface area contributed by atoms with E-state index in [0.29, 0.717) is 0 Å². The predicted octanol–water partition coefficient (Wildman–Crippen LogP) is 3.74. The highest BCUT2D eigenvalue weighted by Gasteiger charge is 1.99. The van der Waals surface area contributed by atoms with E-state index in [1.54, 1.807) is 0 Å². The summed E-state index contributed by atoms with van der Waals surface area (Å²) in [4.78, 5) is 0. The van der Waals surface area contributed by atoms with Crippen molar-refractivity contribution in [3.05, 3.63) is 59.1 Å². The fourth-order valence-corrected chi connectivity index (χ4v) is 1.83. The van der Waals surface area contributed by atoms with E-state index in [9.17, 15) is 0 Å². The molecule has 2 aromatic rings. The minimum Gasteiger partial charge on any atom is -0.0622 e. The van der Waals surface area contributed by atoms with Crippen LogP contribution in [0.15, 0.2) is 59.1 Å². The van der Waals surface area contributed by atoms with Crippen LogP contribution in [-0.2, 0) is 0 Å². The largest absolute Gasteiger partial charge is 0.0622 e. The normalized spacial score (nSPS) is 9.21. The molecule has 0 aliphatic rings. The minimum atomic E-state index is 0. The summed E-state index contributed by atoms with van der Waals surface area (Å²) in [5.41, 5.74) is 2.48. The van der Waals surface area contributed by atoms with Crippen LogP contribution in [-0.4, -0.2) is 17.4 Å². The molecular formula is C12H9AlBr. The zero-order chi connectivity index (χ0) is 9.10. The summed E-state index contributed by atoms with van der Waals surface area (Å²) in [6.07, 6.45) is 0. The van der Waals surface area contributed by atoms with Crippen molar-refractivity contribution >= 4 is 33.3 Å². The molecule has 0 aliphatic heterocycles. The van der Waals surface area contributed by atoms with Gasteiger partial charge in [0.15, 0.2) is 0 Å². The van der Waals surface area contributed by atoms with Crippen LogP contribution in [0.2, 0.25) is 0 Å². The van der Waals surface area contributed by atoms with Crippen LogP contribution in [0.3, 0.4) is 0 Å². The molecule has 0 heterocycles. The van der Waals surface area contributed by atoms with Gasteiger partial charge in [0.2, 0.25) is 0 Å². The lowest BCUT2D eigenvalue weighted by atomic mass is 10.1. The standard InChI is InChI=1S/C12H9Br.Al/c13-12-9-5-4-8-11(12)10-6-2-1-3-7-10;/h1-9H;. The van der Waals surface area contributed by atoms with Gasteiger partial charge in [-0.2, -0.15) is 0 Å². The van der Waals surface area contributed by atoms with E-state index in [-0.39, 0.29) is 17.4 Å². The summed E-state index contributed by atoms with van der Waals surface area (Å²) in [6.45, 7) is 0. The molecule has 67 valence electrons. The Kier molecular flexibility index (Phi) is 4.41. The molecule has 0 saturated heterocycles. The van der Waals surface area contributed by atoms with Crippen LogP contribution in [0.1, 0.15) is 0 Å². The zero-order valence-electron chi connectivity index (χ0n) is 7.65. The molecule has 0 bridgehead atoms. The van der Waals surface area contributed by atoms with Gasteiger partial charge in [0.1, 0.15) is 0 Å². The highest BCUT2D eigenvalue weighted by atomic mass is 79.9. The smallest absolute Gasteiger partial charge is 0.0253 e. The average molecular weight is 260 g/mol. The third-order valence-electron chi connectivity index (χ3n) is 1.96. The molecule has 14 heavy (non-hydrogen) atoms. The Hall–Kier alpha value is -0.548. The van der Waals surface area contributed by atoms with Crippen molar-refractivity contribution in [1.82, 2.24) is 0 Å². The van der Waals surface area contributed by atoms with Gasteiger partial charge in [0, 0.05) is 21.8 Å². The number of halogens is 1. The van der Waals surface area contributed by atoms with E-state index in [1.807, 2.05) is 18.2 Å². The van der Waals surface area contributed by atoms with Crippen LogP contribution in [0, 0.1) is 0 Å². The van der Waals surface area contributed by atoms with Crippen LogP contribution < -0.4 is 0 Å². The van der Waals surface area contributed by atoms with Gasteiger partial charge in [0.05, 0.1) is 0 Å². The second kappa shape index (κ2) is 5.36. The molecule has 0 saturated carbocycles. The number of hydrogen-bond donors (Lipinski definition) is 0. The molecule has 2 rings (SSSR count). The third kappa shape index (κ3) is 2.48. The zero-order valence-corrected chi connectivity index (χ0v) is 10.4. The first-order chi connectivity index (χ1) is 6.38. The molecule has 2 heteroatoms. The molecule has 0 aromatic heterocycles. The molecule has 0 unspecified atom stereocenters. The first-order valence-electron chi connectivity index (χ1n) is 4.18. The number of hydrogen-bond acceptors (Lipinski definition) is 0. The average Bonchev–Trinajstić information content (AvgIpc) is 2.20. The molecule has 0 fully saturated rings. The van der Waals surface area contributed by atoms with E-state index >= 15 is 0 Å². The van der Waals surface area contributed by atoms with Gasteiger partial charge in [-0.05, 0) is 17.2 Å². The maximum Gasteiger partial charge on any atom is 0.0253 e. The second-order valence-corrected chi connectivity index (χ2v) is 3.70. The Morgan fingerprint density at radius 3 is 1.93 bits per heavy atom. The van der Waals surface area contributed by atoms with Crippen molar-refractivity contribution in [3.8, 4) is 11.1 Å². The second-order valence-electron chi connectivity index (χ2n) is 2.85. The van der Waals surface area contributed by atoms with Crippen LogP contribution in [0.4, 0.5) is 0 Å². The van der Waals surface area contributed by atoms with Gasteiger partial charge in [-0.3, -0.25) is 0 Å². The lowest BCUT2D eigenvalue weighted by molar-refractivity contribution is 1.58. The lowest BCUT2D eigenvalue weighted by Crippen LogP contribution is -1.77. The van der Waals surface area contributed by atoms with E-state index in [4.69, 9.17) is 0 Å².